The molecule has 0 aliphatic heterocycles. The zero-order valence-electron chi connectivity index (χ0n) is 11.8. The number of hydrogen-bond donors (Lipinski definition) is 1. The van der Waals surface area contributed by atoms with E-state index in [2.05, 4.69) is 5.32 Å². The van der Waals surface area contributed by atoms with E-state index < -0.39 is 15.8 Å². The first-order valence-corrected chi connectivity index (χ1v) is 8.24. The van der Waals surface area contributed by atoms with E-state index >= 15 is 0 Å². The van der Waals surface area contributed by atoms with E-state index in [1.54, 1.807) is 24.3 Å². The van der Waals surface area contributed by atoms with Crippen LogP contribution in [0.25, 0.3) is 0 Å². The molecular weight excluding hydrogens is 284 g/mol. The van der Waals surface area contributed by atoms with Crippen LogP contribution in [-0.4, -0.2) is 33.2 Å². The van der Waals surface area contributed by atoms with Crippen LogP contribution in [0.15, 0.2) is 29.2 Å². The largest absolute Gasteiger partial charge is 0.316 e. The first-order valence-electron chi connectivity index (χ1n) is 6.59. The number of rotatable bonds is 8. The second-order valence-electron chi connectivity index (χ2n) is 5.06. The van der Waals surface area contributed by atoms with Crippen molar-refractivity contribution in [1.29, 1.82) is 0 Å². The molecule has 0 spiro atoms. The second kappa shape index (κ2) is 7.13. The number of sulfone groups is 1. The Balaban J connectivity index is 2.32. The lowest BCUT2D eigenvalue weighted by molar-refractivity contribution is 0.0135. The van der Waals surface area contributed by atoms with E-state index in [1.165, 1.54) is 0 Å². The minimum absolute atomic E-state index is 0.0194. The van der Waals surface area contributed by atoms with Gasteiger partial charge in [-0.2, -0.15) is 0 Å². The van der Waals surface area contributed by atoms with Gasteiger partial charge in [0.1, 0.15) is 0 Å². The molecule has 6 heteroatoms. The summed E-state index contributed by atoms with van der Waals surface area (Å²) in [5.41, 5.74) is 1.01. The third-order valence-corrected chi connectivity index (χ3v) is 4.70. The molecule has 114 valence electrons. The van der Waals surface area contributed by atoms with Crippen molar-refractivity contribution in [3.05, 3.63) is 29.8 Å². The van der Waals surface area contributed by atoms with Gasteiger partial charge in [0.05, 0.1) is 10.6 Å². The van der Waals surface area contributed by atoms with Crippen LogP contribution >= 0.6 is 0 Å². The fourth-order valence-electron chi connectivity index (χ4n) is 1.68. The normalized spacial score (nSPS) is 12.6. The summed E-state index contributed by atoms with van der Waals surface area (Å²) >= 11 is 0. The van der Waals surface area contributed by atoms with Gasteiger partial charge in [-0.1, -0.05) is 17.7 Å². The van der Waals surface area contributed by atoms with Crippen molar-refractivity contribution in [3.8, 4) is 0 Å². The first kappa shape index (κ1) is 17.0. The molecule has 0 fully saturated rings. The number of alkyl halides is 2. The molecule has 0 aliphatic carbocycles. The summed E-state index contributed by atoms with van der Waals surface area (Å²) in [5.74, 6) is -2.66. The minimum Gasteiger partial charge on any atom is -0.316 e. The maximum absolute atomic E-state index is 12.5. The number of halogens is 2. The minimum atomic E-state index is -3.28. The predicted octanol–water partition coefficient (Wildman–Crippen LogP) is 2.79. The zero-order valence-corrected chi connectivity index (χ0v) is 12.6. The molecule has 0 aliphatic rings. The smallest absolute Gasteiger partial charge is 0.246 e. The maximum atomic E-state index is 12.5. The van der Waals surface area contributed by atoms with Gasteiger partial charge in [0.2, 0.25) is 5.92 Å². The van der Waals surface area contributed by atoms with Crippen LogP contribution in [0.2, 0.25) is 0 Å². The Morgan fingerprint density at radius 3 is 2.30 bits per heavy atom. The topological polar surface area (TPSA) is 46.2 Å². The molecule has 0 unspecified atom stereocenters. The average Bonchev–Trinajstić information content (AvgIpc) is 2.33. The number of benzene rings is 1. The van der Waals surface area contributed by atoms with E-state index in [0.29, 0.717) is 17.9 Å². The molecular formula is C14H21F2NO2S. The van der Waals surface area contributed by atoms with Gasteiger partial charge < -0.3 is 5.32 Å². The van der Waals surface area contributed by atoms with Crippen LogP contribution in [-0.2, 0) is 9.84 Å². The van der Waals surface area contributed by atoms with Gasteiger partial charge in [-0.3, -0.25) is 0 Å². The summed E-state index contributed by atoms with van der Waals surface area (Å²) in [4.78, 5) is 0.309. The lowest BCUT2D eigenvalue weighted by Crippen LogP contribution is -2.24. The van der Waals surface area contributed by atoms with Crippen LogP contribution in [0.5, 0.6) is 0 Å². The fourth-order valence-corrected chi connectivity index (χ4v) is 2.99. The maximum Gasteiger partial charge on any atom is 0.246 e. The average molecular weight is 305 g/mol. The summed E-state index contributed by atoms with van der Waals surface area (Å²) < 4.78 is 49.1. The van der Waals surface area contributed by atoms with E-state index in [0.717, 1.165) is 12.5 Å². The molecule has 1 N–H and O–H groups in total. The van der Waals surface area contributed by atoms with E-state index in [9.17, 15) is 17.2 Å². The molecule has 0 radical (unpaired) electrons. The number of nitrogens with one attached hydrogen (secondary N) is 1. The summed E-state index contributed by atoms with van der Waals surface area (Å²) in [5, 5.41) is 2.83. The van der Waals surface area contributed by atoms with Crippen molar-refractivity contribution in [2.45, 2.75) is 37.5 Å². The fraction of sp³-hybridized carbons (Fsp3) is 0.571. The van der Waals surface area contributed by atoms with Crippen molar-refractivity contribution in [1.82, 2.24) is 5.32 Å². The second-order valence-corrected chi connectivity index (χ2v) is 7.16. The molecule has 0 aromatic heterocycles. The van der Waals surface area contributed by atoms with E-state index in [4.69, 9.17) is 0 Å². The van der Waals surface area contributed by atoms with E-state index in [-0.39, 0.29) is 18.7 Å². The quantitative estimate of drug-likeness (QED) is 0.751. The molecule has 0 bridgehead atoms. The Kier molecular flexibility index (Phi) is 6.07. The Morgan fingerprint density at radius 2 is 1.75 bits per heavy atom. The third-order valence-electron chi connectivity index (χ3n) is 2.89. The van der Waals surface area contributed by atoms with Crippen molar-refractivity contribution >= 4 is 9.84 Å². The highest BCUT2D eigenvalue weighted by Crippen LogP contribution is 2.15. The van der Waals surface area contributed by atoms with Gasteiger partial charge in [-0.25, -0.2) is 17.2 Å². The van der Waals surface area contributed by atoms with Gasteiger partial charge in [-0.05, 0) is 38.9 Å². The van der Waals surface area contributed by atoms with Gasteiger partial charge in [0.15, 0.2) is 9.84 Å². The standard InChI is InChI=1S/C14H21F2NO2S/c1-12-4-6-13(7-5-12)20(18,19)11-3-9-17-10-8-14(2,15)16/h4-7,17H,3,8-11H2,1-2H3. The molecule has 0 saturated carbocycles. The summed E-state index contributed by atoms with van der Waals surface area (Å²) in [7, 11) is -3.28. The van der Waals surface area contributed by atoms with Crippen LogP contribution in [0, 0.1) is 6.92 Å². The van der Waals surface area contributed by atoms with Crippen LogP contribution in [0.3, 0.4) is 0 Å². The molecule has 0 atom stereocenters. The summed E-state index contributed by atoms with van der Waals surface area (Å²) in [6.07, 6.45) is 0.170. The van der Waals surface area contributed by atoms with Crippen LogP contribution in [0.4, 0.5) is 8.78 Å². The van der Waals surface area contributed by atoms with Gasteiger partial charge >= 0.3 is 0 Å². The SMILES string of the molecule is Cc1ccc(S(=O)(=O)CCCNCCC(C)(F)F)cc1. The molecule has 0 amide bonds. The first-order chi connectivity index (χ1) is 9.21. The lowest BCUT2D eigenvalue weighted by Gasteiger charge is -2.10. The highest BCUT2D eigenvalue weighted by Gasteiger charge is 2.19. The Morgan fingerprint density at radius 1 is 1.15 bits per heavy atom. The van der Waals surface area contributed by atoms with Crippen molar-refractivity contribution in [3.63, 3.8) is 0 Å². The monoisotopic (exact) mass is 305 g/mol. The van der Waals surface area contributed by atoms with Crippen LogP contribution in [0.1, 0.15) is 25.3 Å². The number of hydrogen-bond acceptors (Lipinski definition) is 3. The zero-order chi connectivity index (χ0) is 15.2. The summed E-state index contributed by atoms with van der Waals surface area (Å²) in [6, 6.07) is 6.70. The summed E-state index contributed by atoms with van der Waals surface area (Å²) in [6.45, 7) is 3.37. The molecule has 1 rings (SSSR count). The molecule has 3 nitrogen and oxygen atoms in total. The van der Waals surface area contributed by atoms with Crippen molar-refractivity contribution in [2.24, 2.45) is 0 Å². The Hall–Kier alpha value is -1.01. The number of aryl methyl sites for hydroxylation is 1. The third kappa shape index (κ3) is 6.43. The van der Waals surface area contributed by atoms with Gasteiger partial charge in [0, 0.05) is 13.0 Å². The molecule has 0 heterocycles. The molecule has 0 saturated heterocycles. The van der Waals surface area contributed by atoms with Gasteiger partial charge in [-0.15, -0.1) is 0 Å². The highest BCUT2D eigenvalue weighted by molar-refractivity contribution is 7.91. The van der Waals surface area contributed by atoms with Crippen molar-refractivity contribution in [2.75, 3.05) is 18.8 Å². The highest BCUT2D eigenvalue weighted by atomic mass is 32.2. The predicted molar refractivity (Wildman–Crippen MR) is 76.0 cm³/mol. The van der Waals surface area contributed by atoms with E-state index in [1.807, 2.05) is 6.92 Å². The molecule has 1 aromatic rings. The van der Waals surface area contributed by atoms with Crippen molar-refractivity contribution < 1.29 is 17.2 Å². The van der Waals surface area contributed by atoms with Crippen LogP contribution < -0.4 is 5.32 Å². The Bertz CT molecular complexity index is 507. The van der Waals surface area contributed by atoms with Gasteiger partial charge in [0.25, 0.3) is 0 Å². The molecule has 20 heavy (non-hydrogen) atoms. The molecule has 1 aromatic carbocycles. The Labute approximate surface area is 119 Å². The lowest BCUT2D eigenvalue weighted by atomic mass is 10.2.